The highest BCUT2D eigenvalue weighted by molar-refractivity contribution is 5.67. The summed E-state index contributed by atoms with van der Waals surface area (Å²) in [5, 5.41) is 0. The maximum Gasteiger partial charge on any atom is 0.303 e. The van der Waals surface area contributed by atoms with Gasteiger partial charge in [0.05, 0.1) is 13.2 Å². The minimum atomic E-state index is -1.00. The van der Waals surface area contributed by atoms with Gasteiger partial charge in [0.25, 0.3) is 0 Å². The van der Waals surface area contributed by atoms with E-state index in [1.165, 1.54) is 13.8 Å². The van der Waals surface area contributed by atoms with Gasteiger partial charge in [-0.25, -0.2) is 0 Å². The van der Waals surface area contributed by atoms with Gasteiger partial charge in [0.1, 0.15) is 12.2 Å². The molecule has 2 aliphatic heterocycles. The van der Waals surface area contributed by atoms with Crippen LogP contribution in [-0.2, 0) is 44.6 Å². The Hall–Kier alpha value is -2.78. The molecule has 0 aliphatic carbocycles. The van der Waals surface area contributed by atoms with Gasteiger partial charge in [0.2, 0.25) is 0 Å². The third-order valence-electron chi connectivity index (χ3n) is 5.22. The number of esters is 2. The van der Waals surface area contributed by atoms with Crippen LogP contribution in [0.4, 0.5) is 0 Å². The van der Waals surface area contributed by atoms with Gasteiger partial charge in [0.15, 0.2) is 24.8 Å². The zero-order valence-corrected chi connectivity index (χ0v) is 17.9. The summed E-state index contributed by atoms with van der Waals surface area (Å²) in [6.45, 7) is 2.99. The van der Waals surface area contributed by atoms with Crippen molar-refractivity contribution in [3.63, 3.8) is 0 Å². The molecular formula is C24H26O8. The van der Waals surface area contributed by atoms with Gasteiger partial charge in [-0.2, -0.15) is 0 Å². The third-order valence-corrected chi connectivity index (χ3v) is 5.22. The molecule has 0 bridgehead atoms. The van der Waals surface area contributed by atoms with E-state index in [2.05, 4.69) is 0 Å². The fraction of sp³-hybridized carbons (Fsp3) is 0.417. The van der Waals surface area contributed by atoms with Crippen molar-refractivity contribution in [3.8, 4) is 0 Å². The average molecular weight is 442 g/mol. The fourth-order valence-corrected chi connectivity index (χ4v) is 3.86. The molecule has 6 unspecified atom stereocenters. The molecule has 0 saturated carbocycles. The molecule has 0 amide bonds. The van der Waals surface area contributed by atoms with E-state index in [1.54, 1.807) is 0 Å². The molecule has 2 saturated heterocycles. The van der Waals surface area contributed by atoms with Gasteiger partial charge in [-0.3, -0.25) is 9.59 Å². The molecule has 6 atom stereocenters. The number of rotatable bonds is 6. The molecule has 0 aromatic heterocycles. The highest BCUT2D eigenvalue weighted by Crippen LogP contribution is 2.37. The lowest BCUT2D eigenvalue weighted by Crippen LogP contribution is -2.64. The summed E-state index contributed by atoms with van der Waals surface area (Å²) >= 11 is 0. The number of hydrogen-bond acceptors (Lipinski definition) is 8. The van der Waals surface area contributed by atoms with Crippen LogP contribution in [0.3, 0.4) is 0 Å². The second-order valence-corrected chi connectivity index (χ2v) is 7.66. The number of fused-ring (bicyclic) bond motifs is 1. The van der Waals surface area contributed by atoms with Crippen LogP contribution in [0.2, 0.25) is 0 Å². The minimum Gasteiger partial charge on any atom is -0.455 e. The first-order valence-corrected chi connectivity index (χ1v) is 10.5. The van der Waals surface area contributed by atoms with Gasteiger partial charge < -0.3 is 28.4 Å². The van der Waals surface area contributed by atoms with E-state index in [4.69, 9.17) is 28.4 Å². The summed E-state index contributed by atoms with van der Waals surface area (Å²) in [6.07, 6.45) is -4.85. The first-order valence-electron chi connectivity index (χ1n) is 10.5. The van der Waals surface area contributed by atoms with Crippen molar-refractivity contribution in [2.75, 3.05) is 6.61 Å². The number of carbonyl (C=O) groups excluding carboxylic acids is 2. The highest BCUT2D eigenvalue weighted by Gasteiger charge is 2.53. The number of hydrogen-bond donors (Lipinski definition) is 0. The molecule has 2 fully saturated rings. The first kappa shape index (κ1) is 22.4. The molecule has 32 heavy (non-hydrogen) atoms. The van der Waals surface area contributed by atoms with Crippen LogP contribution >= 0.6 is 0 Å². The van der Waals surface area contributed by atoms with Crippen molar-refractivity contribution in [1.29, 1.82) is 0 Å². The maximum absolute atomic E-state index is 11.9. The molecular weight excluding hydrogens is 416 g/mol. The lowest BCUT2D eigenvalue weighted by Gasteiger charge is -2.48. The fourth-order valence-electron chi connectivity index (χ4n) is 3.86. The zero-order chi connectivity index (χ0) is 22.5. The zero-order valence-electron chi connectivity index (χ0n) is 17.9. The van der Waals surface area contributed by atoms with Gasteiger partial charge in [0, 0.05) is 19.4 Å². The van der Waals surface area contributed by atoms with Crippen molar-refractivity contribution in [1.82, 2.24) is 0 Å². The molecule has 2 aromatic carbocycles. The number of ether oxygens (including phenoxy) is 6. The van der Waals surface area contributed by atoms with E-state index in [1.807, 2.05) is 60.7 Å². The van der Waals surface area contributed by atoms with Crippen molar-refractivity contribution >= 4 is 11.9 Å². The summed E-state index contributed by atoms with van der Waals surface area (Å²) in [6, 6.07) is 18.9. The standard InChI is InChI=1S/C24H26O8/c1-15(25)29-21-20-19(14-28-23(32-20)18-11-7-4-8-12-18)31-24(22(21)30-16(2)26)27-13-17-9-5-3-6-10-17/h3-12,19-24H,13-14H2,1-2H3. The van der Waals surface area contributed by atoms with Gasteiger partial charge >= 0.3 is 11.9 Å². The first-order chi connectivity index (χ1) is 15.5. The van der Waals surface area contributed by atoms with E-state index in [0.717, 1.165) is 11.1 Å². The molecule has 170 valence electrons. The van der Waals surface area contributed by atoms with Crippen molar-refractivity contribution in [2.24, 2.45) is 0 Å². The quantitative estimate of drug-likeness (QED) is 0.631. The molecule has 2 aromatic rings. The van der Waals surface area contributed by atoms with E-state index >= 15 is 0 Å². The molecule has 0 spiro atoms. The second kappa shape index (κ2) is 10.2. The number of carbonyl (C=O) groups is 2. The predicted octanol–water partition coefficient (Wildman–Crippen LogP) is 2.91. The Morgan fingerprint density at radius 2 is 1.50 bits per heavy atom. The predicted molar refractivity (Wildman–Crippen MR) is 111 cm³/mol. The average Bonchev–Trinajstić information content (AvgIpc) is 2.80. The van der Waals surface area contributed by atoms with Crippen molar-refractivity contribution in [3.05, 3.63) is 71.8 Å². The van der Waals surface area contributed by atoms with Crippen LogP contribution in [0.25, 0.3) is 0 Å². The summed E-state index contributed by atoms with van der Waals surface area (Å²) in [4.78, 5) is 23.8. The van der Waals surface area contributed by atoms with Crippen LogP contribution in [-0.4, -0.2) is 49.3 Å². The molecule has 0 N–H and O–H groups in total. The smallest absolute Gasteiger partial charge is 0.303 e. The second-order valence-electron chi connectivity index (χ2n) is 7.66. The van der Waals surface area contributed by atoms with Crippen LogP contribution in [0.15, 0.2) is 60.7 Å². The Morgan fingerprint density at radius 3 is 2.16 bits per heavy atom. The van der Waals surface area contributed by atoms with Crippen LogP contribution < -0.4 is 0 Å². The third kappa shape index (κ3) is 5.34. The lowest BCUT2D eigenvalue weighted by atomic mass is 9.97. The molecule has 2 aliphatic rings. The number of benzene rings is 2. The van der Waals surface area contributed by atoms with Gasteiger partial charge in [-0.05, 0) is 5.56 Å². The minimum absolute atomic E-state index is 0.194. The summed E-state index contributed by atoms with van der Waals surface area (Å²) in [5.41, 5.74) is 1.74. The molecule has 8 heteroatoms. The summed E-state index contributed by atoms with van der Waals surface area (Å²) in [5.74, 6) is -1.07. The molecule has 0 radical (unpaired) electrons. The molecule has 4 rings (SSSR count). The van der Waals surface area contributed by atoms with E-state index in [-0.39, 0.29) is 13.2 Å². The van der Waals surface area contributed by atoms with E-state index < -0.39 is 48.9 Å². The summed E-state index contributed by atoms with van der Waals surface area (Å²) < 4.78 is 35.1. The van der Waals surface area contributed by atoms with E-state index in [0.29, 0.717) is 0 Å². The van der Waals surface area contributed by atoms with Crippen molar-refractivity contribution < 1.29 is 38.0 Å². The van der Waals surface area contributed by atoms with Crippen LogP contribution in [0, 0.1) is 0 Å². The maximum atomic E-state index is 11.9. The normalized spacial score (nSPS) is 29.6. The monoisotopic (exact) mass is 442 g/mol. The topological polar surface area (TPSA) is 89.5 Å². The van der Waals surface area contributed by atoms with Crippen molar-refractivity contribution in [2.45, 2.75) is 57.5 Å². The van der Waals surface area contributed by atoms with Gasteiger partial charge in [-0.1, -0.05) is 60.7 Å². The molecule has 8 nitrogen and oxygen atoms in total. The van der Waals surface area contributed by atoms with Crippen LogP contribution in [0.1, 0.15) is 31.3 Å². The van der Waals surface area contributed by atoms with E-state index in [9.17, 15) is 9.59 Å². The van der Waals surface area contributed by atoms with Gasteiger partial charge in [-0.15, -0.1) is 0 Å². The Bertz CT molecular complexity index is 903. The Balaban J connectivity index is 1.57. The lowest BCUT2D eigenvalue weighted by molar-refractivity contribution is -0.363. The van der Waals surface area contributed by atoms with Crippen LogP contribution in [0.5, 0.6) is 0 Å². The Morgan fingerprint density at radius 1 is 0.875 bits per heavy atom. The highest BCUT2D eigenvalue weighted by atomic mass is 16.8. The molecule has 2 heterocycles. The Labute approximate surface area is 186 Å². The SMILES string of the molecule is CC(=O)OC1C(OCc2ccccc2)OC2COC(c3ccccc3)OC2C1OC(C)=O. The Kier molecular flexibility index (Phi) is 7.16. The largest absolute Gasteiger partial charge is 0.455 e. The summed E-state index contributed by atoms with van der Waals surface area (Å²) in [7, 11) is 0.